The smallest absolute Gasteiger partial charge is 0.321 e. The van der Waals surface area contributed by atoms with Gasteiger partial charge >= 0.3 is 7.60 Å². The molecule has 162 valence electrons. The first-order valence-electron chi connectivity index (χ1n) is 10.7. The highest BCUT2D eigenvalue weighted by Crippen LogP contribution is 2.32. The van der Waals surface area contributed by atoms with Crippen molar-refractivity contribution in [2.24, 2.45) is 0 Å². The number of pyridine rings is 2. The van der Waals surface area contributed by atoms with Gasteiger partial charge in [0, 0.05) is 42.0 Å². The van der Waals surface area contributed by atoms with Gasteiger partial charge < -0.3 is 9.79 Å². The monoisotopic (exact) mass is 446 g/mol. The van der Waals surface area contributed by atoms with Gasteiger partial charge in [-0.3, -0.25) is 4.57 Å². The van der Waals surface area contributed by atoms with Crippen molar-refractivity contribution in [2.45, 2.75) is 26.3 Å². The minimum Gasteiger partial charge on any atom is -0.321 e. The molecule has 0 saturated heterocycles. The topological polar surface area (TPSA) is 65.3 Å². The molecule has 4 rings (SSSR count). The summed E-state index contributed by atoms with van der Waals surface area (Å²) in [5.41, 5.74) is 5.77. The number of hydrogen-bond acceptors (Lipinski definition) is 1. The molecule has 0 radical (unpaired) electrons. The molecule has 0 atom stereocenters. The Morgan fingerprint density at radius 3 is 2.00 bits per heavy atom. The van der Waals surface area contributed by atoms with Gasteiger partial charge in [0.25, 0.3) is 0 Å². The third-order valence-corrected chi connectivity index (χ3v) is 6.41. The fourth-order valence-electron chi connectivity index (χ4n) is 3.71. The van der Waals surface area contributed by atoms with Crippen LogP contribution in [0.15, 0.2) is 97.6 Å². The van der Waals surface area contributed by atoms with Crippen molar-refractivity contribution in [1.82, 2.24) is 0 Å². The molecule has 4 aromatic rings. The summed E-state index contributed by atoms with van der Waals surface area (Å²) >= 11 is 0. The third kappa shape index (κ3) is 5.38. The van der Waals surface area contributed by atoms with E-state index in [9.17, 15) is 14.4 Å². The van der Waals surface area contributed by atoms with E-state index < -0.39 is 7.60 Å². The Labute approximate surface area is 188 Å². The Morgan fingerprint density at radius 1 is 0.781 bits per heavy atom. The second-order valence-electron chi connectivity index (χ2n) is 7.88. The van der Waals surface area contributed by atoms with Crippen LogP contribution in [0.25, 0.3) is 16.8 Å². The molecule has 0 aliphatic rings. The fourth-order valence-corrected chi connectivity index (χ4v) is 4.25. The molecule has 5 nitrogen and oxygen atoms in total. The first-order chi connectivity index (χ1) is 15.4. The van der Waals surface area contributed by atoms with Crippen molar-refractivity contribution in [3.63, 3.8) is 0 Å². The molecule has 0 unspecified atom stereocenters. The number of aryl methyl sites for hydroxylation is 1. The maximum atomic E-state index is 11.3. The molecular weight excluding hydrogens is 419 g/mol. The molecule has 2 N–H and O–H groups in total. The Balaban J connectivity index is 1.46. The standard InChI is InChI=1S/C26H25N2O3P/c1-2-4-21-5-3-6-25(19-21)28-17-13-24(14-18-28)23-11-15-27(16-12-23)20-22-7-9-26(10-8-22)32(29,30)31/h3,5-19H,2,4,20H2,1H3/p+2. The average Bonchev–Trinajstić information content (AvgIpc) is 2.80. The maximum absolute atomic E-state index is 11.3. The summed E-state index contributed by atoms with van der Waals surface area (Å²) in [6.45, 7) is 2.82. The summed E-state index contributed by atoms with van der Waals surface area (Å²) in [7, 11) is -4.20. The van der Waals surface area contributed by atoms with Crippen LogP contribution in [0.4, 0.5) is 0 Å². The quantitative estimate of drug-likeness (QED) is 0.336. The van der Waals surface area contributed by atoms with E-state index in [2.05, 4.69) is 72.4 Å². The van der Waals surface area contributed by atoms with E-state index >= 15 is 0 Å². The molecule has 6 heteroatoms. The lowest BCUT2D eigenvalue weighted by Crippen LogP contribution is -2.33. The molecular formula is C26H27N2O3P+2. The maximum Gasteiger partial charge on any atom is 0.356 e. The summed E-state index contributed by atoms with van der Waals surface area (Å²) in [6, 6.07) is 23.5. The van der Waals surface area contributed by atoms with E-state index in [4.69, 9.17) is 0 Å². The van der Waals surface area contributed by atoms with Crippen LogP contribution in [0.5, 0.6) is 0 Å². The first kappa shape index (κ1) is 22.1. The second kappa shape index (κ2) is 9.58. The van der Waals surface area contributed by atoms with Crippen molar-refractivity contribution < 1.29 is 23.5 Å². The number of aromatic nitrogens is 2. The van der Waals surface area contributed by atoms with E-state index in [-0.39, 0.29) is 5.30 Å². The van der Waals surface area contributed by atoms with Gasteiger partial charge in [0.15, 0.2) is 31.3 Å². The van der Waals surface area contributed by atoms with Crippen LogP contribution in [0.1, 0.15) is 24.5 Å². The van der Waals surface area contributed by atoms with Gasteiger partial charge in [-0.2, -0.15) is 4.57 Å². The van der Waals surface area contributed by atoms with Crippen molar-refractivity contribution in [3.05, 3.63) is 109 Å². The molecule has 2 aromatic carbocycles. The second-order valence-corrected chi connectivity index (χ2v) is 9.49. The Bertz CT molecular complexity index is 1230. The van der Waals surface area contributed by atoms with Crippen LogP contribution in [-0.4, -0.2) is 9.79 Å². The molecule has 0 saturated carbocycles. The lowest BCUT2D eigenvalue weighted by atomic mass is 10.1. The van der Waals surface area contributed by atoms with E-state index in [0.717, 1.165) is 35.2 Å². The largest absolute Gasteiger partial charge is 0.356 e. The number of hydrogen-bond donors (Lipinski definition) is 2. The van der Waals surface area contributed by atoms with Crippen LogP contribution in [0, 0.1) is 0 Å². The summed E-state index contributed by atoms with van der Waals surface area (Å²) in [4.78, 5) is 18.5. The van der Waals surface area contributed by atoms with Crippen LogP contribution in [0.2, 0.25) is 0 Å². The van der Waals surface area contributed by atoms with Gasteiger partial charge in [0.2, 0.25) is 5.69 Å². The van der Waals surface area contributed by atoms with Gasteiger partial charge in [-0.15, -0.1) is 0 Å². The van der Waals surface area contributed by atoms with Gasteiger partial charge in [-0.1, -0.05) is 37.6 Å². The first-order valence-corrected chi connectivity index (χ1v) is 12.3. The molecule has 2 heterocycles. The van der Waals surface area contributed by atoms with E-state index in [1.54, 1.807) is 12.1 Å². The zero-order valence-electron chi connectivity index (χ0n) is 18.0. The minimum absolute atomic E-state index is 0.0417. The predicted octanol–water partition coefficient (Wildman–Crippen LogP) is 3.72. The highest BCUT2D eigenvalue weighted by atomic mass is 31.2. The van der Waals surface area contributed by atoms with Crippen molar-refractivity contribution in [2.75, 3.05) is 0 Å². The molecule has 0 aliphatic heterocycles. The van der Waals surface area contributed by atoms with Crippen molar-refractivity contribution >= 4 is 12.9 Å². The Morgan fingerprint density at radius 2 is 1.41 bits per heavy atom. The van der Waals surface area contributed by atoms with Crippen LogP contribution in [0.3, 0.4) is 0 Å². The molecule has 0 bridgehead atoms. The summed E-state index contributed by atoms with van der Waals surface area (Å²) in [6.07, 6.45) is 10.4. The lowest BCUT2D eigenvalue weighted by Gasteiger charge is -2.05. The molecule has 0 spiro atoms. The van der Waals surface area contributed by atoms with Crippen molar-refractivity contribution in [1.29, 1.82) is 0 Å². The Hall–Kier alpha value is -3.11. The molecule has 2 aromatic heterocycles. The number of benzene rings is 2. The van der Waals surface area contributed by atoms with Gasteiger partial charge in [-0.05, 0) is 35.2 Å². The summed E-state index contributed by atoms with van der Waals surface area (Å²) in [5.74, 6) is 0. The van der Waals surface area contributed by atoms with Crippen LogP contribution < -0.4 is 14.4 Å². The van der Waals surface area contributed by atoms with Crippen molar-refractivity contribution in [3.8, 4) is 16.8 Å². The third-order valence-electron chi connectivity index (χ3n) is 5.44. The highest BCUT2D eigenvalue weighted by Gasteiger charge is 2.16. The van der Waals surface area contributed by atoms with Gasteiger partial charge in [0.1, 0.15) is 0 Å². The average molecular weight is 446 g/mol. The zero-order chi connectivity index (χ0) is 22.6. The fraction of sp³-hybridized carbons (Fsp3) is 0.154. The van der Waals surface area contributed by atoms with E-state index in [0.29, 0.717) is 6.54 Å². The predicted molar refractivity (Wildman–Crippen MR) is 125 cm³/mol. The van der Waals surface area contributed by atoms with Crippen LogP contribution in [-0.2, 0) is 17.5 Å². The van der Waals surface area contributed by atoms with E-state index in [1.807, 2.05) is 17.0 Å². The molecule has 0 amide bonds. The minimum atomic E-state index is -4.20. The lowest BCUT2D eigenvalue weighted by molar-refractivity contribution is -0.688. The van der Waals surface area contributed by atoms with Gasteiger partial charge in [0.05, 0.1) is 5.30 Å². The Kier molecular flexibility index (Phi) is 6.61. The van der Waals surface area contributed by atoms with Gasteiger partial charge in [-0.25, -0.2) is 4.57 Å². The molecule has 32 heavy (non-hydrogen) atoms. The number of rotatable bonds is 7. The van der Waals surface area contributed by atoms with Crippen LogP contribution >= 0.6 is 7.60 Å². The number of nitrogens with zero attached hydrogens (tertiary/aromatic N) is 2. The highest BCUT2D eigenvalue weighted by molar-refractivity contribution is 7.60. The normalized spacial score (nSPS) is 11.5. The molecule has 0 aliphatic carbocycles. The summed E-state index contributed by atoms with van der Waals surface area (Å²) in [5, 5.41) is 0.0417. The zero-order valence-corrected chi connectivity index (χ0v) is 18.9. The SMILES string of the molecule is CCCc1cccc(-[n+]2ccc(-c3cc[n+](Cc4ccc(P(=O)(O)O)cc4)cc3)cc2)c1. The molecule has 0 fully saturated rings. The summed E-state index contributed by atoms with van der Waals surface area (Å²) < 4.78 is 15.5. The van der Waals surface area contributed by atoms with E-state index in [1.165, 1.54) is 17.7 Å².